The first-order valence-electron chi connectivity index (χ1n) is 5.55. The maximum Gasteiger partial charge on any atom is 0.322 e. The third-order valence-corrected chi connectivity index (χ3v) is 3.85. The van der Waals surface area contributed by atoms with E-state index >= 15 is 0 Å². The Morgan fingerprint density at radius 2 is 2.35 bits per heavy atom. The fraction of sp³-hybridized carbons (Fsp3) is 0.417. The van der Waals surface area contributed by atoms with Gasteiger partial charge in [0.15, 0.2) is 0 Å². The van der Waals surface area contributed by atoms with Gasteiger partial charge >= 0.3 is 5.97 Å². The van der Waals surface area contributed by atoms with Crippen LogP contribution in [0.5, 0.6) is 0 Å². The zero-order chi connectivity index (χ0) is 12.4. The molecule has 0 aromatic heterocycles. The second-order valence-electron chi connectivity index (χ2n) is 4.22. The number of hydrogen-bond acceptors (Lipinski definition) is 3. The highest BCUT2D eigenvalue weighted by Crippen LogP contribution is 2.24. The molecule has 4 nitrogen and oxygen atoms in total. The molecule has 17 heavy (non-hydrogen) atoms. The highest BCUT2D eigenvalue weighted by Gasteiger charge is 2.24. The molecule has 1 heterocycles. The van der Waals surface area contributed by atoms with Crippen LogP contribution in [0.3, 0.4) is 0 Å². The highest BCUT2D eigenvalue weighted by molar-refractivity contribution is 9.10. The van der Waals surface area contributed by atoms with Crippen molar-refractivity contribution >= 4 is 27.6 Å². The van der Waals surface area contributed by atoms with E-state index in [-0.39, 0.29) is 0 Å². The number of carboxylic acid groups (broad SMARTS) is 1. The van der Waals surface area contributed by atoms with Gasteiger partial charge < -0.3 is 15.3 Å². The Balaban J connectivity index is 2.16. The summed E-state index contributed by atoms with van der Waals surface area (Å²) in [4.78, 5) is 13.1. The number of anilines is 1. The summed E-state index contributed by atoms with van der Waals surface area (Å²) in [6.45, 7) is 4.07. The molecule has 1 aromatic rings. The Labute approximate surface area is 109 Å². The average molecular weight is 299 g/mol. The fourth-order valence-electron chi connectivity index (χ4n) is 1.93. The van der Waals surface area contributed by atoms with Crippen LogP contribution < -0.4 is 10.2 Å². The van der Waals surface area contributed by atoms with Gasteiger partial charge in [-0.15, -0.1) is 0 Å². The number of rotatable bonds is 2. The van der Waals surface area contributed by atoms with E-state index in [4.69, 9.17) is 5.11 Å². The predicted octanol–water partition coefficient (Wildman–Crippen LogP) is 1.62. The number of halogens is 1. The Morgan fingerprint density at radius 1 is 1.59 bits per heavy atom. The van der Waals surface area contributed by atoms with E-state index in [1.54, 1.807) is 0 Å². The van der Waals surface area contributed by atoms with E-state index in [0.717, 1.165) is 16.7 Å². The standard InChI is InChI=1S/C12H15BrN2O2/c1-8-2-3-9(6-10(8)13)15-5-4-14-11(7-15)12(16)17/h2-3,6,11,14H,4-5,7H2,1H3,(H,16,17). The van der Waals surface area contributed by atoms with Crippen LogP contribution in [-0.2, 0) is 4.79 Å². The molecule has 1 fully saturated rings. The smallest absolute Gasteiger partial charge is 0.322 e. The topological polar surface area (TPSA) is 52.6 Å². The molecule has 0 radical (unpaired) electrons. The van der Waals surface area contributed by atoms with Gasteiger partial charge in [0.2, 0.25) is 0 Å². The van der Waals surface area contributed by atoms with Gasteiger partial charge in [-0.1, -0.05) is 22.0 Å². The van der Waals surface area contributed by atoms with Crippen molar-refractivity contribution in [3.63, 3.8) is 0 Å². The van der Waals surface area contributed by atoms with Gasteiger partial charge in [0, 0.05) is 29.8 Å². The van der Waals surface area contributed by atoms with Crippen molar-refractivity contribution in [3.05, 3.63) is 28.2 Å². The number of piperazine rings is 1. The van der Waals surface area contributed by atoms with Crippen molar-refractivity contribution in [2.24, 2.45) is 0 Å². The second-order valence-corrected chi connectivity index (χ2v) is 5.08. The molecule has 1 saturated heterocycles. The van der Waals surface area contributed by atoms with Gasteiger partial charge in [-0.05, 0) is 24.6 Å². The lowest BCUT2D eigenvalue weighted by Gasteiger charge is -2.33. The van der Waals surface area contributed by atoms with Crippen molar-refractivity contribution in [1.29, 1.82) is 0 Å². The van der Waals surface area contributed by atoms with Crippen LogP contribution in [-0.4, -0.2) is 36.8 Å². The largest absolute Gasteiger partial charge is 0.480 e. The molecule has 1 aliphatic rings. The normalized spacial score (nSPS) is 20.4. The molecular formula is C12H15BrN2O2. The molecule has 1 atom stereocenters. The number of hydrogen-bond donors (Lipinski definition) is 2. The molecule has 5 heteroatoms. The second kappa shape index (κ2) is 5.06. The first kappa shape index (κ1) is 12.4. The molecule has 0 spiro atoms. The van der Waals surface area contributed by atoms with Crippen LogP contribution in [0, 0.1) is 6.92 Å². The maximum absolute atomic E-state index is 11.0. The van der Waals surface area contributed by atoms with Crippen molar-refractivity contribution in [2.75, 3.05) is 24.5 Å². The van der Waals surface area contributed by atoms with E-state index in [1.165, 1.54) is 5.56 Å². The highest BCUT2D eigenvalue weighted by atomic mass is 79.9. The monoisotopic (exact) mass is 298 g/mol. The average Bonchev–Trinajstić information content (AvgIpc) is 2.33. The van der Waals surface area contributed by atoms with E-state index in [9.17, 15) is 4.79 Å². The van der Waals surface area contributed by atoms with Gasteiger partial charge in [-0.25, -0.2) is 0 Å². The molecule has 1 aromatic carbocycles. The van der Waals surface area contributed by atoms with E-state index < -0.39 is 12.0 Å². The van der Waals surface area contributed by atoms with Crippen LogP contribution in [0.25, 0.3) is 0 Å². The number of aryl methyl sites for hydroxylation is 1. The predicted molar refractivity (Wildman–Crippen MR) is 70.5 cm³/mol. The summed E-state index contributed by atoms with van der Waals surface area (Å²) in [5, 5.41) is 12.0. The van der Waals surface area contributed by atoms with Crippen LogP contribution in [0.15, 0.2) is 22.7 Å². The summed E-state index contributed by atoms with van der Waals surface area (Å²) in [7, 11) is 0. The minimum absolute atomic E-state index is 0.483. The van der Waals surface area contributed by atoms with Crippen LogP contribution in [0.4, 0.5) is 5.69 Å². The molecule has 1 unspecified atom stereocenters. The number of aliphatic carboxylic acids is 1. The molecule has 1 aliphatic heterocycles. The maximum atomic E-state index is 11.0. The number of nitrogens with zero attached hydrogens (tertiary/aromatic N) is 1. The summed E-state index contributed by atoms with van der Waals surface area (Å²) in [6.07, 6.45) is 0. The minimum Gasteiger partial charge on any atom is -0.480 e. The molecular weight excluding hydrogens is 284 g/mol. The van der Waals surface area contributed by atoms with Crippen molar-refractivity contribution < 1.29 is 9.90 Å². The Bertz CT molecular complexity index is 437. The van der Waals surface area contributed by atoms with Gasteiger partial charge in [0.05, 0.1) is 0 Å². The quantitative estimate of drug-likeness (QED) is 0.871. The van der Waals surface area contributed by atoms with Crippen molar-refractivity contribution in [1.82, 2.24) is 5.32 Å². The minimum atomic E-state index is -0.791. The van der Waals surface area contributed by atoms with Crippen LogP contribution in [0.2, 0.25) is 0 Å². The van der Waals surface area contributed by atoms with Crippen molar-refractivity contribution in [2.45, 2.75) is 13.0 Å². The van der Waals surface area contributed by atoms with E-state index in [2.05, 4.69) is 26.1 Å². The summed E-state index contributed by atoms with van der Waals surface area (Å²) in [5.74, 6) is -0.791. The molecule has 92 valence electrons. The molecule has 0 bridgehead atoms. The lowest BCUT2D eigenvalue weighted by molar-refractivity contribution is -0.139. The van der Waals surface area contributed by atoms with Crippen LogP contribution in [0.1, 0.15) is 5.56 Å². The zero-order valence-electron chi connectivity index (χ0n) is 9.61. The number of carbonyl (C=O) groups is 1. The number of benzene rings is 1. The Morgan fingerprint density at radius 3 is 3.00 bits per heavy atom. The lowest BCUT2D eigenvalue weighted by atomic mass is 10.1. The Hall–Kier alpha value is -1.07. The van der Waals surface area contributed by atoms with E-state index in [1.807, 2.05) is 25.1 Å². The molecule has 2 rings (SSSR count). The van der Waals surface area contributed by atoms with Crippen LogP contribution >= 0.6 is 15.9 Å². The first-order chi connectivity index (χ1) is 8.08. The Kier molecular flexibility index (Phi) is 3.69. The third-order valence-electron chi connectivity index (χ3n) is 2.99. The summed E-state index contributed by atoms with van der Waals surface area (Å²) in [6, 6.07) is 5.63. The van der Waals surface area contributed by atoms with Crippen molar-refractivity contribution in [3.8, 4) is 0 Å². The molecule has 0 amide bonds. The number of carboxylic acids is 1. The zero-order valence-corrected chi connectivity index (χ0v) is 11.2. The molecule has 0 aliphatic carbocycles. The fourth-order valence-corrected chi connectivity index (χ4v) is 2.30. The van der Waals surface area contributed by atoms with Gasteiger partial charge in [0.25, 0.3) is 0 Å². The SMILES string of the molecule is Cc1ccc(N2CCNC(C(=O)O)C2)cc1Br. The van der Waals surface area contributed by atoms with Gasteiger partial charge in [-0.2, -0.15) is 0 Å². The summed E-state index contributed by atoms with van der Waals surface area (Å²) in [5.41, 5.74) is 2.24. The lowest BCUT2D eigenvalue weighted by Crippen LogP contribution is -2.54. The number of nitrogens with one attached hydrogen (secondary N) is 1. The van der Waals surface area contributed by atoms with Gasteiger partial charge in [0.1, 0.15) is 6.04 Å². The summed E-state index contributed by atoms with van der Waals surface area (Å²) >= 11 is 3.50. The summed E-state index contributed by atoms with van der Waals surface area (Å²) < 4.78 is 1.06. The first-order valence-corrected chi connectivity index (χ1v) is 6.34. The molecule has 0 saturated carbocycles. The van der Waals surface area contributed by atoms with Gasteiger partial charge in [-0.3, -0.25) is 4.79 Å². The van der Waals surface area contributed by atoms with E-state index in [0.29, 0.717) is 13.1 Å². The molecule has 2 N–H and O–H groups in total. The third kappa shape index (κ3) is 2.79.